The van der Waals surface area contributed by atoms with E-state index in [4.69, 9.17) is 4.74 Å². The maximum absolute atomic E-state index is 12.3. The first-order chi connectivity index (χ1) is 14.8. The van der Waals surface area contributed by atoms with Crippen molar-refractivity contribution in [2.45, 2.75) is 30.8 Å². The van der Waals surface area contributed by atoms with Gasteiger partial charge in [-0.2, -0.15) is 0 Å². The van der Waals surface area contributed by atoms with Gasteiger partial charge in [0.2, 0.25) is 5.91 Å². The lowest BCUT2D eigenvalue weighted by molar-refractivity contribution is -0.120. The summed E-state index contributed by atoms with van der Waals surface area (Å²) in [5, 5.41) is 2.98. The van der Waals surface area contributed by atoms with Gasteiger partial charge in [0.1, 0.15) is 11.9 Å². The van der Waals surface area contributed by atoms with Gasteiger partial charge in [-0.25, -0.2) is 8.42 Å². The van der Waals surface area contributed by atoms with E-state index in [1.165, 1.54) is 6.26 Å². The predicted octanol–water partition coefficient (Wildman–Crippen LogP) is 3.73. The summed E-state index contributed by atoms with van der Waals surface area (Å²) in [6.45, 7) is 2.46. The summed E-state index contributed by atoms with van der Waals surface area (Å²) >= 11 is 0. The number of carbonyl (C=O) groups is 1. The number of aryl methyl sites for hydroxylation is 1. The maximum atomic E-state index is 12.3. The lowest BCUT2D eigenvalue weighted by atomic mass is 10.0. The molecule has 31 heavy (non-hydrogen) atoms. The van der Waals surface area contributed by atoms with Crippen LogP contribution in [-0.4, -0.2) is 33.2 Å². The van der Waals surface area contributed by atoms with E-state index >= 15 is 0 Å². The minimum Gasteiger partial charge on any atom is -0.488 e. The lowest BCUT2D eigenvalue weighted by Crippen LogP contribution is -2.35. The van der Waals surface area contributed by atoms with Crippen LogP contribution in [0.3, 0.4) is 0 Å². The van der Waals surface area contributed by atoms with Crippen LogP contribution in [0.25, 0.3) is 11.1 Å². The molecule has 1 aliphatic rings. The lowest BCUT2D eigenvalue weighted by Gasteiger charge is -2.12. The molecule has 4 rings (SSSR count). The average molecular weight is 436 g/mol. The highest BCUT2D eigenvalue weighted by molar-refractivity contribution is 7.90. The van der Waals surface area contributed by atoms with E-state index in [-0.39, 0.29) is 12.0 Å². The number of sulfone groups is 1. The van der Waals surface area contributed by atoms with Crippen LogP contribution in [0.5, 0.6) is 5.75 Å². The van der Waals surface area contributed by atoms with Crippen molar-refractivity contribution in [2.24, 2.45) is 0 Å². The van der Waals surface area contributed by atoms with Gasteiger partial charge in [-0.3, -0.25) is 4.79 Å². The normalized spacial score (nSPS) is 15.2. The number of nitrogens with one attached hydrogen (secondary N) is 1. The van der Waals surface area contributed by atoms with Crippen molar-refractivity contribution in [3.63, 3.8) is 0 Å². The van der Waals surface area contributed by atoms with E-state index in [2.05, 4.69) is 11.4 Å². The molecule has 1 atom stereocenters. The molecule has 0 radical (unpaired) electrons. The third kappa shape index (κ3) is 4.97. The van der Waals surface area contributed by atoms with Gasteiger partial charge in [0.05, 0.1) is 17.9 Å². The molecule has 1 unspecified atom stereocenters. The number of amides is 1. The Hall–Kier alpha value is -3.12. The Morgan fingerprint density at radius 3 is 2.45 bits per heavy atom. The van der Waals surface area contributed by atoms with Crippen LogP contribution in [-0.2, 0) is 27.5 Å². The minimum absolute atomic E-state index is 0.0134. The summed E-state index contributed by atoms with van der Waals surface area (Å²) in [6, 6.07) is 20.7. The number of fused-ring (bicyclic) bond motifs is 1. The van der Waals surface area contributed by atoms with Gasteiger partial charge in [0, 0.05) is 12.7 Å². The van der Waals surface area contributed by atoms with Crippen molar-refractivity contribution in [3.8, 4) is 16.9 Å². The van der Waals surface area contributed by atoms with E-state index in [1.807, 2.05) is 55.5 Å². The van der Waals surface area contributed by atoms with Gasteiger partial charge in [0.25, 0.3) is 0 Å². The zero-order chi connectivity index (χ0) is 22.0. The quantitative estimate of drug-likeness (QED) is 0.640. The largest absolute Gasteiger partial charge is 0.488 e. The Morgan fingerprint density at radius 1 is 1.03 bits per heavy atom. The highest BCUT2D eigenvalue weighted by Crippen LogP contribution is 2.33. The van der Waals surface area contributed by atoms with Crippen molar-refractivity contribution in [1.82, 2.24) is 5.32 Å². The number of hydrogen-bond acceptors (Lipinski definition) is 4. The Balaban J connectivity index is 1.37. The number of ether oxygens (including phenoxy) is 1. The molecule has 0 saturated heterocycles. The van der Waals surface area contributed by atoms with Gasteiger partial charge >= 0.3 is 0 Å². The van der Waals surface area contributed by atoms with E-state index in [9.17, 15) is 13.2 Å². The summed E-state index contributed by atoms with van der Waals surface area (Å²) in [5.74, 6) is 0.815. The molecule has 0 fully saturated rings. The third-order valence-electron chi connectivity index (χ3n) is 5.56. The maximum Gasteiger partial charge on any atom is 0.224 e. The Morgan fingerprint density at radius 2 is 1.74 bits per heavy atom. The van der Waals surface area contributed by atoms with E-state index < -0.39 is 9.84 Å². The SMILES string of the molecule is Cc1ccccc1CC(=O)NCC1Cc2cc(-c3ccc(S(C)(=O)=O)cc3)ccc2O1. The molecule has 1 aliphatic heterocycles. The molecule has 1 amide bonds. The molecule has 1 heterocycles. The highest BCUT2D eigenvalue weighted by Gasteiger charge is 2.24. The van der Waals surface area contributed by atoms with Crippen LogP contribution < -0.4 is 10.1 Å². The summed E-state index contributed by atoms with van der Waals surface area (Å²) in [7, 11) is -3.21. The molecule has 3 aromatic rings. The van der Waals surface area contributed by atoms with Crippen molar-refractivity contribution in [1.29, 1.82) is 0 Å². The third-order valence-corrected chi connectivity index (χ3v) is 6.69. The van der Waals surface area contributed by atoms with Crippen LogP contribution in [0.4, 0.5) is 0 Å². The molecule has 160 valence electrons. The molecule has 1 N–H and O–H groups in total. The van der Waals surface area contributed by atoms with E-state index in [1.54, 1.807) is 12.1 Å². The molecule has 0 saturated carbocycles. The number of hydrogen-bond donors (Lipinski definition) is 1. The predicted molar refractivity (Wildman–Crippen MR) is 121 cm³/mol. The second kappa shape index (κ2) is 8.55. The van der Waals surface area contributed by atoms with Crippen molar-refractivity contribution in [2.75, 3.05) is 12.8 Å². The molecular weight excluding hydrogens is 410 g/mol. The molecular formula is C25H25NO4S. The van der Waals surface area contributed by atoms with Gasteiger partial charge < -0.3 is 10.1 Å². The van der Waals surface area contributed by atoms with E-state index in [0.29, 0.717) is 17.9 Å². The van der Waals surface area contributed by atoms with Crippen molar-refractivity contribution >= 4 is 15.7 Å². The second-order valence-corrected chi connectivity index (χ2v) is 9.99. The van der Waals surface area contributed by atoms with Crippen LogP contribution >= 0.6 is 0 Å². The molecule has 0 spiro atoms. The van der Waals surface area contributed by atoms with Crippen LogP contribution in [0.15, 0.2) is 71.6 Å². The fourth-order valence-electron chi connectivity index (χ4n) is 3.78. The number of benzene rings is 3. The summed E-state index contributed by atoms with van der Waals surface area (Å²) < 4.78 is 29.3. The first kappa shape index (κ1) is 21.1. The molecule has 0 aliphatic carbocycles. The summed E-state index contributed by atoms with van der Waals surface area (Å²) in [4.78, 5) is 12.6. The zero-order valence-electron chi connectivity index (χ0n) is 17.6. The van der Waals surface area contributed by atoms with Gasteiger partial charge in [-0.15, -0.1) is 0 Å². The van der Waals surface area contributed by atoms with Crippen LogP contribution in [0, 0.1) is 6.92 Å². The van der Waals surface area contributed by atoms with Crippen LogP contribution in [0.2, 0.25) is 0 Å². The van der Waals surface area contributed by atoms with Gasteiger partial charge in [-0.05, 0) is 59.0 Å². The van der Waals surface area contributed by atoms with Crippen molar-refractivity contribution < 1.29 is 17.9 Å². The highest BCUT2D eigenvalue weighted by atomic mass is 32.2. The Bertz CT molecular complexity index is 1220. The fraction of sp³-hybridized carbons (Fsp3) is 0.240. The summed E-state index contributed by atoms with van der Waals surface area (Å²) in [5.41, 5.74) is 5.18. The molecule has 5 nitrogen and oxygen atoms in total. The van der Waals surface area contributed by atoms with Crippen LogP contribution in [0.1, 0.15) is 16.7 Å². The van der Waals surface area contributed by atoms with Gasteiger partial charge in [-0.1, -0.05) is 42.5 Å². The zero-order valence-corrected chi connectivity index (χ0v) is 18.4. The van der Waals surface area contributed by atoms with Gasteiger partial charge in [0.15, 0.2) is 9.84 Å². The number of carbonyl (C=O) groups excluding carboxylic acids is 1. The van der Waals surface area contributed by atoms with E-state index in [0.717, 1.165) is 40.0 Å². The second-order valence-electron chi connectivity index (χ2n) is 7.97. The summed E-state index contributed by atoms with van der Waals surface area (Å²) in [6.07, 6.45) is 2.18. The smallest absolute Gasteiger partial charge is 0.224 e. The molecule has 0 bridgehead atoms. The standard InChI is InChI=1S/C25H25NO4S/c1-17-5-3-4-6-19(17)15-25(27)26-16-22-14-21-13-20(9-12-24(21)30-22)18-7-10-23(11-8-18)31(2,28)29/h3-13,22H,14-16H2,1-2H3,(H,26,27). The first-order valence-corrected chi connectivity index (χ1v) is 12.1. The molecule has 0 aromatic heterocycles. The monoisotopic (exact) mass is 435 g/mol. The first-order valence-electron chi connectivity index (χ1n) is 10.2. The molecule has 3 aromatic carbocycles. The Labute approximate surface area is 183 Å². The van der Waals surface area contributed by atoms with Crippen molar-refractivity contribution in [3.05, 3.63) is 83.4 Å². The minimum atomic E-state index is -3.21. The fourth-order valence-corrected chi connectivity index (χ4v) is 4.41. The number of rotatable bonds is 6. The average Bonchev–Trinajstić information content (AvgIpc) is 3.15. The Kier molecular flexibility index (Phi) is 5.83. The molecule has 6 heteroatoms. The topological polar surface area (TPSA) is 72.5 Å².